The van der Waals surface area contributed by atoms with Crippen LogP contribution in [0.15, 0.2) is 58.9 Å². The van der Waals surface area contributed by atoms with E-state index in [1.54, 1.807) is 13.0 Å². The Labute approximate surface area is 126 Å². The molecule has 0 heterocycles. The zero-order valence-electron chi connectivity index (χ0n) is 12.8. The SMILES string of the molecule is CC/C=C(C(=O)OCC)/C(N)=C\N=C(C)c1ccccc1. The first-order valence-corrected chi connectivity index (χ1v) is 7.03. The molecular formula is C17H22N2O2. The Kier molecular flexibility index (Phi) is 6.95. The summed E-state index contributed by atoms with van der Waals surface area (Å²) in [6.07, 6.45) is 3.95. The van der Waals surface area contributed by atoms with E-state index < -0.39 is 5.97 Å². The Morgan fingerprint density at radius 1 is 1.29 bits per heavy atom. The summed E-state index contributed by atoms with van der Waals surface area (Å²) in [5.74, 6) is -0.416. The molecule has 0 amide bonds. The molecule has 0 saturated heterocycles. The summed E-state index contributed by atoms with van der Waals surface area (Å²) in [6.45, 7) is 5.91. The fourth-order valence-corrected chi connectivity index (χ4v) is 1.72. The standard InChI is InChI=1S/C17H22N2O2/c1-4-9-15(17(20)21-5-2)16(18)12-19-13(3)14-10-7-6-8-11-14/h6-12H,4-5,18H2,1-3H3/b15-9-,16-12+,19-13?. The molecule has 0 aliphatic carbocycles. The number of benzene rings is 1. The monoisotopic (exact) mass is 286 g/mol. The zero-order chi connectivity index (χ0) is 15.7. The molecule has 0 aromatic heterocycles. The molecule has 1 aromatic rings. The van der Waals surface area contributed by atoms with Crippen LogP contribution >= 0.6 is 0 Å². The van der Waals surface area contributed by atoms with Crippen molar-refractivity contribution in [3.8, 4) is 0 Å². The molecule has 1 aromatic carbocycles. The Bertz CT molecular complexity index is 557. The van der Waals surface area contributed by atoms with E-state index in [4.69, 9.17) is 10.5 Å². The second-order valence-corrected chi connectivity index (χ2v) is 4.41. The van der Waals surface area contributed by atoms with Gasteiger partial charge in [-0.05, 0) is 25.8 Å². The number of aliphatic imine (C=N–C) groups is 1. The molecule has 0 aliphatic heterocycles. The summed E-state index contributed by atoms with van der Waals surface area (Å²) in [4.78, 5) is 16.2. The van der Waals surface area contributed by atoms with Crippen molar-refractivity contribution in [3.63, 3.8) is 0 Å². The van der Waals surface area contributed by atoms with Crippen molar-refractivity contribution in [2.24, 2.45) is 10.7 Å². The van der Waals surface area contributed by atoms with Gasteiger partial charge in [-0.15, -0.1) is 0 Å². The molecule has 4 nitrogen and oxygen atoms in total. The van der Waals surface area contributed by atoms with Crippen LogP contribution in [0, 0.1) is 0 Å². The zero-order valence-corrected chi connectivity index (χ0v) is 12.8. The summed E-state index contributed by atoms with van der Waals surface area (Å²) >= 11 is 0. The van der Waals surface area contributed by atoms with Gasteiger partial charge in [-0.3, -0.25) is 4.99 Å². The summed E-state index contributed by atoms with van der Waals surface area (Å²) in [6, 6.07) is 9.78. The van der Waals surface area contributed by atoms with Crippen molar-refractivity contribution in [2.75, 3.05) is 6.61 Å². The van der Waals surface area contributed by atoms with Crippen molar-refractivity contribution < 1.29 is 9.53 Å². The van der Waals surface area contributed by atoms with Crippen LogP contribution in [0.4, 0.5) is 0 Å². The molecule has 0 unspecified atom stereocenters. The van der Waals surface area contributed by atoms with Crippen LogP contribution in [0.5, 0.6) is 0 Å². The van der Waals surface area contributed by atoms with Gasteiger partial charge in [-0.1, -0.05) is 43.3 Å². The van der Waals surface area contributed by atoms with E-state index in [0.717, 1.165) is 11.3 Å². The van der Waals surface area contributed by atoms with Gasteiger partial charge in [0.15, 0.2) is 0 Å². The molecule has 1 rings (SSSR count). The van der Waals surface area contributed by atoms with Crippen LogP contribution in [-0.4, -0.2) is 18.3 Å². The van der Waals surface area contributed by atoms with Gasteiger partial charge in [0.25, 0.3) is 0 Å². The lowest BCUT2D eigenvalue weighted by Crippen LogP contribution is -2.14. The van der Waals surface area contributed by atoms with Crippen molar-refractivity contribution >= 4 is 11.7 Å². The van der Waals surface area contributed by atoms with E-state index >= 15 is 0 Å². The summed E-state index contributed by atoms with van der Waals surface area (Å²) < 4.78 is 4.99. The second-order valence-electron chi connectivity index (χ2n) is 4.41. The number of allylic oxidation sites excluding steroid dienone is 1. The third-order valence-electron chi connectivity index (χ3n) is 2.80. The minimum Gasteiger partial charge on any atom is -0.462 e. The third-order valence-corrected chi connectivity index (χ3v) is 2.80. The van der Waals surface area contributed by atoms with Crippen LogP contribution in [0.2, 0.25) is 0 Å². The summed E-state index contributed by atoms with van der Waals surface area (Å²) in [7, 11) is 0. The molecule has 0 spiro atoms. The molecule has 4 heteroatoms. The number of hydrogen-bond donors (Lipinski definition) is 1. The lowest BCUT2D eigenvalue weighted by Gasteiger charge is -2.06. The van der Waals surface area contributed by atoms with E-state index in [1.165, 1.54) is 6.20 Å². The average Bonchev–Trinajstić information content (AvgIpc) is 2.51. The molecule has 0 fully saturated rings. The van der Waals surface area contributed by atoms with Gasteiger partial charge in [-0.25, -0.2) is 4.79 Å². The van der Waals surface area contributed by atoms with E-state index in [9.17, 15) is 4.79 Å². The van der Waals surface area contributed by atoms with Crippen LogP contribution in [0.1, 0.15) is 32.8 Å². The van der Waals surface area contributed by atoms with Crippen LogP contribution < -0.4 is 5.73 Å². The lowest BCUT2D eigenvalue weighted by molar-refractivity contribution is -0.138. The number of carbonyl (C=O) groups excluding carboxylic acids is 1. The molecule has 2 N–H and O–H groups in total. The first-order valence-electron chi connectivity index (χ1n) is 7.03. The number of rotatable bonds is 6. The fraction of sp³-hybridized carbons (Fsp3) is 0.294. The van der Waals surface area contributed by atoms with E-state index in [0.29, 0.717) is 24.3 Å². The predicted molar refractivity (Wildman–Crippen MR) is 85.9 cm³/mol. The number of ether oxygens (including phenoxy) is 1. The van der Waals surface area contributed by atoms with Gasteiger partial charge < -0.3 is 10.5 Å². The van der Waals surface area contributed by atoms with Gasteiger partial charge in [0.2, 0.25) is 0 Å². The molecule has 112 valence electrons. The fourth-order valence-electron chi connectivity index (χ4n) is 1.72. The largest absolute Gasteiger partial charge is 0.462 e. The number of esters is 1. The van der Waals surface area contributed by atoms with E-state index in [2.05, 4.69) is 4.99 Å². The molecular weight excluding hydrogens is 264 g/mol. The molecule has 0 radical (unpaired) electrons. The Morgan fingerprint density at radius 2 is 1.95 bits per heavy atom. The number of nitrogens with two attached hydrogens (primary N) is 1. The quantitative estimate of drug-likeness (QED) is 0.378. The van der Waals surface area contributed by atoms with Gasteiger partial charge in [0, 0.05) is 5.71 Å². The second kappa shape index (κ2) is 8.74. The van der Waals surface area contributed by atoms with Crippen LogP contribution in [-0.2, 0) is 9.53 Å². The maximum atomic E-state index is 11.8. The van der Waals surface area contributed by atoms with Gasteiger partial charge in [0.1, 0.15) is 0 Å². The topological polar surface area (TPSA) is 64.7 Å². The summed E-state index contributed by atoms with van der Waals surface area (Å²) in [5, 5.41) is 0. The van der Waals surface area contributed by atoms with Gasteiger partial charge >= 0.3 is 5.97 Å². The molecule has 0 aliphatic rings. The maximum Gasteiger partial charge on any atom is 0.339 e. The Hall–Kier alpha value is -2.36. The lowest BCUT2D eigenvalue weighted by atomic mass is 10.1. The maximum absolute atomic E-state index is 11.8. The van der Waals surface area contributed by atoms with Gasteiger partial charge in [0.05, 0.1) is 24.1 Å². The Balaban J connectivity index is 2.96. The smallest absolute Gasteiger partial charge is 0.339 e. The van der Waals surface area contributed by atoms with Crippen molar-refractivity contribution in [1.82, 2.24) is 0 Å². The minimum atomic E-state index is -0.416. The highest BCUT2D eigenvalue weighted by molar-refractivity contribution is 5.99. The van der Waals surface area contributed by atoms with Crippen molar-refractivity contribution in [3.05, 3.63) is 59.4 Å². The molecule has 0 bridgehead atoms. The first-order chi connectivity index (χ1) is 10.1. The average molecular weight is 286 g/mol. The Morgan fingerprint density at radius 3 is 2.52 bits per heavy atom. The highest BCUT2D eigenvalue weighted by Gasteiger charge is 2.12. The molecule has 21 heavy (non-hydrogen) atoms. The summed E-state index contributed by atoms with van der Waals surface area (Å²) in [5.41, 5.74) is 8.47. The predicted octanol–water partition coefficient (Wildman–Crippen LogP) is 3.20. The van der Waals surface area contributed by atoms with Gasteiger partial charge in [-0.2, -0.15) is 0 Å². The first kappa shape index (κ1) is 16.7. The minimum absolute atomic E-state index is 0.311. The number of hydrogen-bond acceptors (Lipinski definition) is 4. The number of nitrogens with zero attached hydrogens (tertiary/aromatic N) is 1. The van der Waals surface area contributed by atoms with E-state index in [1.807, 2.05) is 44.2 Å². The molecule has 0 saturated carbocycles. The van der Waals surface area contributed by atoms with Crippen molar-refractivity contribution in [1.29, 1.82) is 0 Å². The van der Waals surface area contributed by atoms with E-state index in [-0.39, 0.29) is 0 Å². The van der Waals surface area contributed by atoms with Crippen LogP contribution in [0.25, 0.3) is 0 Å². The third kappa shape index (κ3) is 5.26. The number of carbonyl (C=O) groups is 1. The highest BCUT2D eigenvalue weighted by Crippen LogP contribution is 2.09. The van der Waals surface area contributed by atoms with Crippen molar-refractivity contribution in [2.45, 2.75) is 27.2 Å². The normalized spacial score (nSPS) is 13.2. The highest BCUT2D eigenvalue weighted by atomic mass is 16.5. The molecule has 0 atom stereocenters. The van der Waals surface area contributed by atoms with Crippen LogP contribution in [0.3, 0.4) is 0 Å².